The van der Waals surface area contributed by atoms with Gasteiger partial charge in [0.2, 0.25) is 11.8 Å². The summed E-state index contributed by atoms with van der Waals surface area (Å²) in [5, 5.41) is 8.03. The molecular formula is C17H14N4O4S. The van der Waals surface area contributed by atoms with Gasteiger partial charge in [-0.2, -0.15) is 0 Å². The first kappa shape index (κ1) is 16.3. The van der Waals surface area contributed by atoms with Crippen LogP contribution in [0.2, 0.25) is 0 Å². The van der Waals surface area contributed by atoms with Crippen molar-refractivity contribution < 1.29 is 18.8 Å². The molecule has 0 spiro atoms. The average molecular weight is 370 g/mol. The monoisotopic (exact) mass is 370 g/mol. The van der Waals surface area contributed by atoms with Crippen molar-refractivity contribution in [1.29, 1.82) is 0 Å². The Morgan fingerprint density at radius 1 is 1.35 bits per heavy atom. The summed E-state index contributed by atoms with van der Waals surface area (Å²) in [5.41, 5.74) is 1.40. The second-order valence-corrected chi connectivity index (χ2v) is 6.62. The lowest BCUT2D eigenvalue weighted by molar-refractivity contribution is -0.123. The number of hydrogen-bond donors (Lipinski definition) is 2. The Bertz CT molecular complexity index is 976. The van der Waals surface area contributed by atoms with Crippen LogP contribution in [0.4, 0.5) is 9.93 Å². The van der Waals surface area contributed by atoms with E-state index in [0.717, 1.165) is 11.0 Å². The Kier molecular flexibility index (Phi) is 4.13. The first-order valence-corrected chi connectivity index (χ1v) is 8.79. The minimum atomic E-state index is -0.557. The van der Waals surface area contributed by atoms with Crippen LogP contribution in [0.25, 0.3) is 22.4 Å². The fourth-order valence-corrected chi connectivity index (χ4v) is 3.35. The first-order valence-electron chi connectivity index (χ1n) is 7.91. The molecule has 2 aromatic heterocycles. The van der Waals surface area contributed by atoms with Crippen molar-refractivity contribution in [2.45, 2.75) is 6.42 Å². The molecule has 4 amide bonds. The summed E-state index contributed by atoms with van der Waals surface area (Å²) in [6.07, 6.45) is 0.187. The molecule has 1 fully saturated rings. The minimum absolute atomic E-state index is 0.140. The van der Waals surface area contributed by atoms with Gasteiger partial charge >= 0.3 is 6.03 Å². The molecule has 9 heteroatoms. The highest BCUT2D eigenvalue weighted by Crippen LogP contribution is 2.30. The predicted octanol–water partition coefficient (Wildman–Crippen LogP) is 2.44. The van der Waals surface area contributed by atoms with Gasteiger partial charge in [-0.15, -0.1) is 11.3 Å². The zero-order valence-electron chi connectivity index (χ0n) is 13.5. The number of hydrogen-bond acceptors (Lipinski definition) is 6. The number of amides is 4. The Morgan fingerprint density at radius 3 is 3.00 bits per heavy atom. The van der Waals surface area contributed by atoms with E-state index in [-0.39, 0.29) is 31.3 Å². The highest BCUT2D eigenvalue weighted by Gasteiger charge is 2.25. The number of rotatable bonds is 4. The van der Waals surface area contributed by atoms with Gasteiger partial charge in [-0.1, -0.05) is 18.2 Å². The summed E-state index contributed by atoms with van der Waals surface area (Å²) < 4.78 is 5.76. The van der Waals surface area contributed by atoms with Crippen LogP contribution < -0.4 is 10.6 Å². The van der Waals surface area contributed by atoms with Crippen molar-refractivity contribution in [2.75, 3.05) is 18.4 Å². The first-order chi connectivity index (χ1) is 12.6. The van der Waals surface area contributed by atoms with E-state index < -0.39 is 6.03 Å². The molecule has 0 saturated carbocycles. The van der Waals surface area contributed by atoms with Gasteiger partial charge in [0.25, 0.3) is 0 Å². The van der Waals surface area contributed by atoms with Crippen LogP contribution in [0.5, 0.6) is 0 Å². The molecule has 1 aromatic carbocycles. The number of furan rings is 1. The number of para-hydroxylation sites is 1. The second kappa shape index (κ2) is 6.60. The minimum Gasteiger partial charge on any atom is -0.454 e. The van der Waals surface area contributed by atoms with Crippen molar-refractivity contribution in [3.8, 4) is 11.5 Å². The molecule has 0 atom stereocenters. The SMILES string of the molecule is O=C1CCN(CC(=O)Nc2nc(-c3cc4ccccc4o3)cs2)C(=O)N1. The molecule has 26 heavy (non-hydrogen) atoms. The number of carbonyl (C=O) groups excluding carboxylic acids is 3. The number of anilines is 1. The Balaban J connectivity index is 1.42. The fraction of sp³-hybridized carbons (Fsp3) is 0.176. The number of fused-ring (bicyclic) bond motifs is 1. The van der Waals surface area contributed by atoms with Crippen LogP contribution >= 0.6 is 11.3 Å². The Labute approximate surface area is 151 Å². The number of aromatic nitrogens is 1. The molecule has 3 heterocycles. The standard InChI is InChI=1S/C17H14N4O4S/c22-14-5-6-21(17(24)20-14)8-15(23)19-16-18-11(9-26-16)13-7-10-3-1-2-4-12(10)25-13/h1-4,7,9H,5-6,8H2,(H,18,19,23)(H,20,22,24). The molecule has 2 N–H and O–H groups in total. The molecule has 0 bridgehead atoms. The molecular weight excluding hydrogens is 356 g/mol. The van der Waals surface area contributed by atoms with Crippen LogP contribution in [-0.4, -0.2) is 40.8 Å². The number of nitrogens with one attached hydrogen (secondary N) is 2. The van der Waals surface area contributed by atoms with E-state index in [1.807, 2.05) is 30.3 Å². The summed E-state index contributed by atoms with van der Waals surface area (Å²) >= 11 is 1.27. The third-order valence-electron chi connectivity index (χ3n) is 3.91. The highest BCUT2D eigenvalue weighted by atomic mass is 32.1. The lowest BCUT2D eigenvalue weighted by atomic mass is 10.2. The summed E-state index contributed by atoms with van der Waals surface area (Å²) in [4.78, 5) is 40.5. The highest BCUT2D eigenvalue weighted by molar-refractivity contribution is 7.14. The van der Waals surface area contributed by atoms with Gasteiger partial charge in [0.1, 0.15) is 17.8 Å². The fourth-order valence-electron chi connectivity index (χ4n) is 2.63. The maximum Gasteiger partial charge on any atom is 0.324 e. The van der Waals surface area contributed by atoms with E-state index in [1.165, 1.54) is 16.2 Å². The molecule has 1 aliphatic rings. The molecule has 8 nitrogen and oxygen atoms in total. The van der Waals surface area contributed by atoms with Gasteiger partial charge in [0.05, 0.1) is 0 Å². The van der Waals surface area contributed by atoms with Crippen molar-refractivity contribution in [3.63, 3.8) is 0 Å². The van der Waals surface area contributed by atoms with Crippen molar-refractivity contribution >= 4 is 45.3 Å². The van der Waals surface area contributed by atoms with Crippen LogP contribution in [0.1, 0.15) is 6.42 Å². The van der Waals surface area contributed by atoms with Crippen molar-refractivity contribution in [1.82, 2.24) is 15.2 Å². The molecule has 132 valence electrons. The van der Waals surface area contributed by atoms with Crippen molar-refractivity contribution in [2.24, 2.45) is 0 Å². The summed E-state index contributed by atoms with van der Waals surface area (Å²) in [7, 11) is 0. The maximum atomic E-state index is 12.1. The van der Waals surface area contributed by atoms with E-state index in [2.05, 4.69) is 15.6 Å². The summed E-state index contributed by atoms with van der Waals surface area (Å²) in [5.74, 6) is -0.0843. The van der Waals surface area contributed by atoms with Crippen molar-refractivity contribution in [3.05, 3.63) is 35.7 Å². The normalized spacial score (nSPS) is 14.5. The van der Waals surface area contributed by atoms with E-state index >= 15 is 0 Å². The maximum absolute atomic E-state index is 12.1. The molecule has 0 unspecified atom stereocenters. The van der Waals surface area contributed by atoms with Gasteiger partial charge in [0.15, 0.2) is 10.9 Å². The number of carbonyl (C=O) groups is 3. The van der Waals surface area contributed by atoms with E-state index in [9.17, 15) is 14.4 Å². The van der Waals surface area contributed by atoms with E-state index in [4.69, 9.17) is 4.42 Å². The molecule has 1 saturated heterocycles. The van der Waals surface area contributed by atoms with Crippen LogP contribution in [0.3, 0.4) is 0 Å². The quantitative estimate of drug-likeness (QED) is 0.734. The van der Waals surface area contributed by atoms with Gasteiger partial charge in [-0.3, -0.25) is 14.9 Å². The zero-order chi connectivity index (χ0) is 18.1. The third kappa shape index (κ3) is 3.29. The number of nitrogens with zero attached hydrogens (tertiary/aromatic N) is 2. The number of imide groups is 1. The van der Waals surface area contributed by atoms with E-state index in [0.29, 0.717) is 16.6 Å². The largest absolute Gasteiger partial charge is 0.454 e. The molecule has 4 rings (SSSR count). The van der Waals surface area contributed by atoms with Gasteiger partial charge < -0.3 is 14.6 Å². The van der Waals surface area contributed by atoms with Crippen LogP contribution in [0, 0.1) is 0 Å². The average Bonchev–Trinajstić information content (AvgIpc) is 3.23. The molecule has 0 radical (unpaired) electrons. The van der Waals surface area contributed by atoms with Crippen LogP contribution in [0.15, 0.2) is 40.1 Å². The smallest absolute Gasteiger partial charge is 0.324 e. The van der Waals surface area contributed by atoms with E-state index in [1.54, 1.807) is 5.38 Å². The molecule has 3 aromatic rings. The third-order valence-corrected chi connectivity index (χ3v) is 4.66. The number of urea groups is 1. The molecule has 1 aliphatic heterocycles. The molecule has 0 aliphatic carbocycles. The lowest BCUT2D eigenvalue weighted by Gasteiger charge is -2.25. The predicted molar refractivity (Wildman–Crippen MR) is 95.7 cm³/mol. The Morgan fingerprint density at radius 2 is 2.19 bits per heavy atom. The summed E-state index contributed by atoms with van der Waals surface area (Å²) in [6, 6.07) is 8.99. The Hall–Kier alpha value is -3.20. The zero-order valence-corrected chi connectivity index (χ0v) is 14.3. The van der Waals surface area contributed by atoms with Gasteiger partial charge in [-0.25, -0.2) is 9.78 Å². The lowest BCUT2D eigenvalue weighted by Crippen LogP contribution is -2.51. The number of benzene rings is 1. The number of thiazole rings is 1. The van der Waals surface area contributed by atoms with Gasteiger partial charge in [0, 0.05) is 23.7 Å². The second-order valence-electron chi connectivity index (χ2n) is 5.76. The topological polar surface area (TPSA) is 105 Å². The van der Waals surface area contributed by atoms with Gasteiger partial charge in [-0.05, 0) is 12.1 Å². The summed E-state index contributed by atoms with van der Waals surface area (Å²) in [6.45, 7) is 0.0822. The van der Waals surface area contributed by atoms with Crippen LogP contribution in [-0.2, 0) is 9.59 Å².